The Morgan fingerprint density at radius 2 is 1.63 bits per heavy atom. The van der Waals surface area contributed by atoms with Crippen LogP contribution in [0.3, 0.4) is 0 Å². The maximum Gasteiger partial charge on any atom is 0.325 e. The second kappa shape index (κ2) is 16.2. The van der Waals surface area contributed by atoms with Crippen LogP contribution in [0.5, 0.6) is 5.75 Å². The molecule has 1 aromatic rings. The second-order valence-electron chi connectivity index (χ2n) is 7.23. The molecule has 166 valence electrons. The molecule has 2 unspecified atom stereocenters. The first-order valence-corrected chi connectivity index (χ1v) is 13.4. The quantitative estimate of drug-likeness (QED) is 0.227. The zero-order chi connectivity index (χ0) is 23.2. The Bertz CT molecular complexity index is 749. The average Bonchev–Trinajstić information content (AvgIpc) is 2.63. The van der Waals surface area contributed by atoms with E-state index in [1.165, 1.54) is 50.5 Å². The molecule has 2 atom stereocenters. The monoisotopic (exact) mass is 470 g/mol. The van der Waals surface area contributed by atoms with Crippen LogP contribution in [0.25, 0.3) is 0 Å². The second-order valence-corrected chi connectivity index (χ2v) is 11.4. The summed E-state index contributed by atoms with van der Waals surface area (Å²) in [4.78, 5) is 20.0. The predicted molar refractivity (Wildman–Crippen MR) is 115 cm³/mol. The van der Waals surface area contributed by atoms with Crippen molar-refractivity contribution in [1.82, 2.24) is 0 Å². The molecule has 1 rings (SSSR count). The molecule has 0 aliphatic heterocycles. The first-order chi connectivity index (χ1) is 14.0. The van der Waals surface area contributed by atoms with Crippen molar-refractivity contribution >= 4 is 71.0 Å². The third-order valence-electron chi connectivity index (χ3n) is 4.13. The zero-order valence-corrected chi connectivity index (χ0v) is 21.9. The topological polar surface area (TPSA) is 138 Å². The van der Waals surface area contributed by atoms with E-state index in [9.17, 15) is 18.0 Å². The molecule has 0 saturated carbocycles. The van der Waals surface area contributed by atoms with E-state index in [1.54, 1.807) is 0 Å². The molecule has 0 radical (unpaired) electrons. The van der Waals surface area contributed by atoms with E-state index in [0.717, 1.165) is 54.7 Å². The summed E-state index contributed by atoms with van der Waals surface area (Å²) in [5, 5.41) is 13.9. The molecule has 3 N–H and O–H groups in total. The minimum absolute atomic E-state index is 0.447. The van der Waals surface area contributed by atoms with Gasteiger partial charge in [0.15, 0.2) is 5.25 Å². The van der Waals surface area contributed by atoms with Crippen molar-refractivity contribution in [2.75, 3.05) is 0 Å². The fourth-order valence-corrected chi connectivity index (χ4v) is 3.66. The zero-order valence-electron chi connectivity index (χ0n) is 17.9. The minimum Gasteiger partial charge on any atom is -0.481 e. The van der Waals surface area contributed by atoms with E-state index in [2.05, 4.69) is 38.1 Å². The molecule has 1 aromatic carbocycles. The van der Waals surface area contributed by atoms with Gasteiger partial charge in [0.1, 0.15) is 0 Å². The number of para-hydroxylation sites is 1. The molecular formula is C20H31KO8S. The number of ether oxygens (including phenoxy) is 1. The van der Waals surface area contributed by atoms with E-state index in [-0.39, 0.29) is 0 Å². The third-order valence-corrected chi connectivity index (χ3v) is 5.59. The summed E-state index contributed by atoms with van der Waals surface area (Å²) in [5.74, 6) is -2.38. The number of benzene rings is 1. The Balaban J connectivity index is 0.000000612. The number of aliphatic carboxylic acids is 2. The van der Waals surface area contributed by atoms with Crippen molar-refractivity contribution in [3.05, 3.63) is 29.8 Å². The van der Waals surface area contributed by atoms with Crippen molar-refractivity contribution in [3.8, 4) is 5.75 Å². The number of carbonyl (C=O) groups is 2. The Morgan fingerprint density at radius 1 is 1.07 bits per heavy atom. The minimum atomic E-state index is -4.84. The molecule has 0 bridgehead atoms. The molecule has 0 amide bonds. The van der Waals surface area contributed by atoms with Gasteiger partial charge < -0.3 is 10.2 Å². The van der Waals surface area contributed by atoms with Crippen molar-refractivity contribution in [1.29, 1.82) is 0 Å². The molecule has 8 nitrogen and oxygen atoms in total. The largest absolute Gasteiger partial charge is 0.481 e. The summed E-state index contributed by atoms with van der Waals surface area (Å²) in [6.07, 6.45) is 8.16. The molecule has 30 heavy (non-hydrogen) atoms. The Labute approximate surface area is 212 Å². The summed E-state index contributed by atoms with van der Waals surface area (Å²) in [6, 6.07) is 8.54. The van der Waals surface area contributed by atoms with Gasteiger partial charge in [-0.2, -0.15) is 8.42 Å². The first-order valence-electron chi connectivity index (χ1n) is 10.1. The van der Waals surface area contributed by atoms with E-state index in [1.807, 2.05) is 0 Å². The van der Waals surface area contributed by atoms with Crippen LogP contribution in [0.15, 0.2) is 24.3 Å². The van der Waals surface area contributed by atoms with E-state index in [4.69, 9.17) is 19.5 Å². The van der Waals surface area contributed by atoms with Crippen LogP contribution >= 0.6 is 0 Å². The molecule has 10 heteroatoms. The Hall–Kier alpha value is -0.494. The van der Waals surface area contributed by atoms with Crippen LogP contribution in [0.1, 0.15) is 64.4 Å². The number of carboxylic acid groups (broad SMARTS) is 2. The van der Waals surface area contributed by atoms with Gasteiger partial charge in [0.05, 0.1) is 6.42 Å². The molecule has 0 aliphatic carbocycles. The van der Waals surface area contributed by atoms with Gasteiger partial charge in [-0.15, -0.1) is 0 Å². The molecule has 0 aromatic heterocycles. The van der Waals surface area contributed by atoms with Gasteiger partial charge in [0.25, 0.3) is 10.1 Å². The molecular weight excluding hydrogens is 439 g/mol. The van der Waals surface area contributed by atoms with Crippen LogP contribution in [0.2, 0.25) is 0 Å². The summed E-state index contributed by atoms with van der Waals surface area (Å²) < 4.78 is 35.0. The smallest absolute Gasteiger partial charge is 0.325 e. The maximum absolute atomic E-state index is 10.2. The van der Waals surface area contributed by atoms with Crippen molar-refractivity contribution in [3.63, 3.8) is 0 Å². The summed E-state index contributed by atoms with van der Waals surface area (Å²) in [6.45, 7) is 4.44. The van der Waals surface area contributed by atoms with Gasteiger partial charge >= 0.3 is 160 Å². The fraction of sp³-hybridized carbons (Fsp3) is 0.600. The van der Waals surface area contributed by atoms with Crippen LogP contribution < -0.4 is 4.74 Å². The summed E-state index contributed by atoms with van der Waals surface area (Å²) >= 11 is 0.736. The molecule has 0 heterocycles. The average molecular weight is 471 g/mol. The number of hydrogen-bond donors (Lipinski definition) is 3. The van der Waals surface area contributed by atoms with Crippen LogP contribution in [-0.4, -0.2) is 89.5 Å². The van der Waals surface area contributed by atoms with E-state index < -0.39 is 33.7 Å². The van der Waals surface area contributed by atoms with E-state index in [0.29, 0.717) is 0.199 Å². The summed E-state index contributed by atoms with van der Waals surface area (Å²) in [5.41, 5.74) is 1.39. The maximum atomic E-state index is 10.2. The van der Waals surface area contributed by atoms with Crippen LogP contribution in [-0.2, 0) is 26.1 Å². The van der Waals surface area contributed by atoms with Crippen molar-refractivity contribution in [2.24, 2.45) is 0 Å². The summed E-state index contributed by atoms with van der Waals surface area (Å²) in [7, 11) is -4.84. The SMILES string of the molecule is CCCCCCCCc1ccccc1O[CH](C)[K].O=C(O)CC(C(=O)O)S(=O)(=O)O. The first kappa shape index (κ1) is 29.5. The third kappa shape index (κ3) is 14.5. The van der Waals surface area contributed by atoms with Crippen molar-refractivity contribution in [2.45, 2.75) is 70.7 Å². The number of rotatable bonds is 13. The van der Waals surface area contributed by atoms with Crippen molar-refractivity contribution < 1.29 is 37.5 Å². The number of unbranched alkanes of at least 4 members (excludes halogenated alkanes) is 5. The van der Waals surface area contributed by atoms with Gasteiger partial charge in [-0.3, -0.25) is 14.1 Å². The molecule has 0 aliphatic rings. The van der Waals surface area contributed by atoms with E-state index >= 15 is 0 Å². The molecule has 0 spiro atoms. The van der Waals surface area contributed by atoms with Gasteiger partial charge in [-0.05, 0) is 0 Å². The predicted octanol–water partition coefficient (Wildman–Crippen LogP) is 3.29. The standard InChI is InChI=1S/C16H25O.C4H6O7S.K/c1-3-5-6-7-8-9-12-15-13-10-11-14-16(15)17-4-2;5-3(6)1-2(4(7)8)12(9,10)11;/h4,10-11,13-14H,3,5-9,12H2,1-2H3;2H,1H2,(H,5,6)(H,7,8)(H,9,10,11);. The van der Waals surface area contributed by atoms with Gasteiger partial charge in [-0.25, -0.2) is 0 Å². The van der Waals surface area contributed by atoms with Gasteiger partial charge in [0.2, 0.25) is 0 Å². The fourth-order valence-electron chi connectivity index (χ4n) is 2.65. The van der Waals surface area contributed by atoms with Gasteiger partial charge in [-0.1, -0.05) is 0 Å². The Kier molecular flexibility index (Phi) is 15.9. The molecule has 0 saturated heterocycles. The van der Waals surface area contributed by atoms with Crippen LogP contribution in [0.4, 0.5) is 0 Å². The van der Waals surface area contributed by atoms with Crippen LogP contribution in [0, 0.1) is 0 Å². The normalized spacial score (nSPS) is 13.0. The Morgan fingerprint density at radius 3 is 2.10 bits per heavy atom. The molecule has 0 fully saturated rings. The number of carboxylic acids is 2. The number of aryl methyl sites for hydroxylation is 1. The van der Waals surface area contributed by atoms with Gasteiger partial charge in [0, 0.05) is 0 Å². The number of hydrogen-bond acceptors (Lipinski definition) is 5.